The number of carbonyl (C=O) groups excluding carboxylic acids is 1. The maximum absolute atomic E-state index is 12.2. The summed E-state index contributed by atoms with van der Waals surface area (Å²) in [6.45, 7) is 0. The molecule has 4 heteroatoms. The van der Waals surface area contributed by atoms with E-state index in [0.717, 1.165) is 19.3 Å². The quantitative estimate of drug-likeness (QED) is 0.854. The first-order valence-electron chi connectivity index (χ1n) is 6.59. The van der Waals surface area contributed by atoms with Crippen molar-refractivity contribution in [3.05, 3.63) is 34.9 Å². The molecule has 0 spiro atoms. The lowest BCUT2D eigenvalue weighted by Gasteiger charge is -2.27. The third-order valence-electron chi connectivity index (χ3n) is 3.82. The molecule has 0 aliphatic heterocycles. The fraction of sp³-hybridized carbons (Fsp3) is 0.467. The van der Waals surface area contributed by atoms with Crippen molar-refractivity contribution in [1.82, 2.24) is 0 Å². The minimum atomic E-state index is -0.774. The lowest BCUT2D eigenvalue weighted by molar-refractivity contribution is -0.144. The lowest BCUT2D eigenvalue weighted by Crippen LogP contribution is -2.28. The first-order chi connectivity index (χ1) is 9.08. The first kappa shape index (κ1) is 14.1. The molecule has 1 aromatic carbocycles. The summed E-state index contributed by atoms with van der Waals surface area (Å²) in [6, 6.07) is 6.83. The van der Waals surface area contributed by atoms with E-state index in [-0.39, 0.29) is 17.6 Å². The van der Waals surface area contributed by atoms with Gasteiger partial charge in [0.2, 0.25) is 0 Å². The van der Waals surface area contributed by atoms with E-state index >= 15 is 0 Å². The molecule has 19 heavy (non-hydrogen) atoms. The highest BCUT2D eigenvalue weighted by molar-refractivity contribution is 6.31. The molecule has 0 aromatic heterocycles. The number of carboxylic acid groups (broad SMARTS) is 1. The molecule has 1 aliphatic carbocycles. The molecule has 3 nitrogen and oxygen atoms in total. The van der Waals surface area contributed by atoms with Crippen LogP contribution in [0.4, 0.5) is 0 Å². The largest absolute Gasteiger partial charge is 0.481 e. The predicted octanol–water partition coefficient (Wildman–Crippen LogP) is 3.80. The summed E-state index contributed by atoms with van der Waals surface area (Å²) < 4.78 is 0. The number of hydrogen-bond acceptors (Lipinski definition) is 2. The van der Waals surface area contributed by atoms with E-state index in [1.807, 2.05) is 0 Å². The fourth-order valence-electron chi connectivity index (χ4n) is 2.80. The van der Waals surface area contributed by atoms with Crippen LogP contribution in [0.3, 0.4) is 0 Å². The number of aliphatic carboxylic acids is 1. The number of rotatable bonds is 4. The lowest BCUT2D eigenvalue weighted by atomic mass is 9.76. The maximum atomic E-state index is 12.2. The van der Waals surface area contributed by atoms with Crippen LogP contribution in [0.5, 0.6) is 0 Å². The fourth-order valence-corrected chi connectivity index (χ4v) is 2.99. The molecule has 2 rings (SSSR count). The van der Waals surface area contributed by atoms with Gasteiger partial charge in [-0.05, 0) is 30.9 Å². The number of hydrogen-bond donors (Lipinski definition) is 1. The Morgan fingerprint density at radius 1 is 1.26 bits per heavy atom. The summed E-state index contributed by atoms with van der Waals surface area (Å²) in [7, 11) is 0. The van der Waals surface area contributed by atoms with E-state index in [2.05, 4.69) is 0 Å². The first-order valence-corrected chi connectivity index (χ1v) is 6.97. The summed E-state index contributed by atoms with van der Waals surface area (Å²) in [5, 5.41) is 9.74. The minimum absolute atomic E-state index is 0.0133. The SMILES string of the molecule is O=C(C[C@H]1CCCC[C@H]1C(=O)O)c1cccc(Cl)c1. The van der Waals surface area contributed by atoms with Gasteiger partial charge in [0.15, 0.2) is 5.78 Å². The van der Waals surface area contributed by atoms with E-state index in [4.69, 9.17) is 11.6 Å². The average molecular weight is 281 g/mol. The van der Waals surface area contributed by atoms with Crippen molar-refractivity contribution in [2.75, 3.05) is 0 Å². The van der Waals surface area contributed by atoms with Gasteiger partial charge in [-0.25, -0.2) is 0 Å². The van der Waals surface area contributed by atoms with Gasteiger partial charge < -0.3 is 5.11 Å². The Morgan fingerprint density at radius 2 is 2.00 bits per heavy atom. The molecule has 0 radical (unpaired) electrons. The van der Waals surface area contributed by atoms with Crippen molar-refractivity contribution < 1.29 is 14.7 Å². The molecule has 1 aromatic rings. The smallest absolute Gasteiger partial charge is 0.306 e. The van der Waals surface area contributed by atoms with Crippen molar-refractivity contribution in [2.24, 2.45) is 11.8 Å². The molecule has 1 aliphatic rings. The molecule has 1 fully saturated rings. The Morgan fingerprint density at radius 3 is 2.68 bits per heavy atom. The standard InChI is InChI=1S/C15H17ClO3/c16-12-6-3-5-11(8-12)14(17)9-10-4-1-2-7-13(10)15(18)19/h3,5-6,8,10,13H,1-2,4,7,9H2,(H,18,19)/t10-,13-/m1/s1. The molecule has 0 amide bonds. The van der Waals surface area contributed by atoms with Crippen LogP contribution in [-0.2, 0) is 4.79 Å². The van der Waals surface area contributed by atoms with E-state index < -0.39 is 5.97 Å². The molecule has 2 atom stereocenters. The number of carbonyl (C=O) groups is 2. The molecular weight excluding hydrogens is 264 g/mol. The molecule has 0 saturated heterocycles. The second-order valence-corrected chi connectivity index (χ2v) is 5.56. The van der Waals surface area contributed by atoms with Crippen LogP contribution in [0.2, 0.25) is 5.02 Å². The zero-order valence-corrected chi connectivity index (χ0v) is 11.4. The Balaban J connectivity index is 2.07. The second kappa shape index (κ2) is 6.20. The van der Waals surface area contributed by atoms with Gasteiger partial charge in [-0.3, -0.25) is 9.59 Å². The van der Waals surface area contributed by atoms with Gasteiger partial charge in [-0.1, -0.05) is 36.6 Å². The Labute approximate surface area is 117 Å². The summed E-state index contributed by atoms with van der Waals surface area (Å²) >= 11 is 5.86. The van der Waals surface area contributed by atoms with Crippen LogP contribution < -0.4 is 0 Å². The van der Waals surface area contributed by atoms with Crippen molar-refractivity contribution in [3.63, 3.8) is 0 Å². The highest BCUT2D eigenvalue weighted by Crippen LogP contribution is 2.33. The highest BCUT2D eigenvalue weighted by Gasteiger charge is 2.32. The van der Waals surface area contributed by atoms with Crippen LogP contribution in [0.15, 0.2) is 24.3 Å². The molecule has 0 unspecified atom stereocenters. The van der Waals surface area contributed by atoms with E-state index in [9.17, 15) is 14.7 Å². The third-order valence-corrected chi connectivity index (χ3v) is 4.06. The Hall–Kier alpha value is -1.35. The predicted molar refractivity (Wildman–Crippen MR) is 73.5 cm³/mol. The van der Waals surface area contributed by atoms with Gasteiger partial charge >= 0.3 is 5.97 Å². The molecule has 102 valence electrons. The summed E-state index contributed by atoms with van der Waals surface area (Å²) in [5.74, 6) is -1.21. The van der Waals surface area contributed by atoms with Crippen LogP contribution in [0.25, 0.3) is 0 Å². The van der Waals surface area contributed by atoms with Gasteiger partial charge in [0.1, 0.15) is 0 Å². The van der Waals surface area contributed by atoms with Gasteiger partial charge in [0, 0.05) is 17.0 Å². The van der Waals surface area contributed by atoms with Crippen LogP contribution in [0, 0.1) is 11.8 Å². The van der Waals surface area contributed by atoms with Crippen molar-refractivity contribution in [1.29, 1.82) is 0 Å². The Kier molecular flexibility index (Phi) is 4.59. The molecular formula is C15H17ClO3. The summed E-state index contributed by atoms with van der Waals surface area (Å²) in [5.41, 5.74) is 0.571. The molecule has 1 N–H and O–H groups in total. The van der Waals surface area contributed by atoms with Gasteiger partial charge in [0.25, 0.3) is 0 Å². The number of benzene rings is 1. The van der Waals surface area contributed by atoms with Crippen molar-refractivity contribution in [2.45, 2.75) is 32.1 Å². The zero-order chi connectivity index (χ0) is 13.8. The van der Waals surface area contributed by atoms with Gasteiger partial charge in [-0.15, -0.1) is 0 Å². The van der Waals surface area contributed by atoms with E-state index in [1.165, 1.54) is 0 Å². The maximum Gasteiger partial charge on any atom is 0.306 e. The number of halogens is 1. The van der Waals surface area contributed by atoms with E-state index in [0.29, 0.717) is 23.4 Å². The second-order valence-electron chi connectivity index (χ2n) is 5.13. The molecule has 0 bridgehead atoms. The third kappa shape index (κ3) is 3.57. The number of carboxylic acids is 1. The van der Waals surface area contributed by atoms with Crippen LogP contribution >= 0.6 is 11.6 Å². The number of ketones is 1. The normalized spacial score (nSPS) is 23.0. The summed E-state index contributed by atoms with van der Waals surface area (Å²) in [6.07, 6.45) is 3.76. The average Bonchev–Trinajstić information content (AvgIpc) is 2.39. The van der Waals surface area contributed by atoms with Crippen LogP contribution in [0.1, 0.15) is 42.5 Å². The van der Waals surface area contributed by atoms with E-state index in [1.54, 1.807) is 24.3 Å². The summed E-state index contributed by atoms with van der Waals surface area (Å²) in [4.78, 5) is 23.4. The molecule has 0 heterocycles. The van der Waals surface area contributed by atoms with Gasteiger partial charge in [-0.2, -0.15) is 0 Å². The van der Waals surface area contributed by atoms with Crippen molar-refractivity contribution >= 4 is 23.4 Å². The highest BCUT2D eigenvalue weighted by atomic mass is 35.5. The zero-order valence-electron chi connectivity index (χ0n) is 10.6. The van der Waals surface area contributed by atoms with Crippen LogP contribution in [-0.4, -0.2) is 16.9 Å². The molecule has 1 saturated carbocycles. The topological polar surface area (TPSA) is 54.4 Å². The van der Waals surface area contributed by atoms with Crippen molar-refractivity contribution in [3.8, 4) is 0 Å². The number of Topliss-reactive ketones (excluding diaryl/α,β-unsaturated/α-hetero) is 1. The monoisotopic (exact) mass is 280 g/mol. The van der Waals surface area contributed by atoms with Gasteiger partial charge in [0.05, 0.1) is 5.92 Å². The minimum Gasteiger partial charge on any atom is -0.481 e. The Bertz CT molecular complexity index is 484.